The molecule has 3 aromatic heterocycles. The first kappa shape index (κ1) is 31.9. The van der Waals surface area contributed by atoms with Gasteiger partial charge in [0.2, 0.25) is 5.91 Å². The van der Waals surface area contributed by atoms with Gasteiger partial charge in [-0.2, -0.15) is 0 Å². The number of imidazole rings is 1. The predicted molar refractivity (Wildman–Crippen MR) is 188 cm³/mol. The first-order valence-electron chi connectivity index (χ1n) is 18.1. The van der Waals surface area contributed by atoms with E-state index in [0.717, 1.165) is 86.4 Å². The maximum atomic E-state index is 14.8. The van der Waals surface area contributed by atoms with Gasteiger partial charge in [-0.1, -0.05) is 12.1 Å². The van der Waals surface area contributed by atoms with Crippen LogP contribution in [0.15, 0.2) is 49.1 Å². The number of carbonyl (C=O) groups excluding carboxylic acids is 1. The van der Waals surface area contributed by atoms with Crippen molar-refractivity contribution in [1.29, 1.82) is 0 Å². The fourth-order valence-electron chi connectivity index (χ4n) is 8.93. The highest BCUT2D eigenvalue weighted by molar-refractivity contribution is 6.09. The van der Waals surface area contributed by atoms with Crippen molar-refractivity contribution in [1.82, 2.24) is 29.3 Å². The topological polar surface area (TPSA) is 91.7 Å². The number of halogens is 2. The molecule has 1 aliphatic carbocycles. The zero-order chi connectivity index (χ0) is 34.4. The Bertz CT molecular complexity index is 1960. The van der Waals surface area contributed by atoms with Crippen molar-refractivity contribution in [3.8, 4) is 11.3 Å². The fourth-order valence-corrected chi connectivity index (χ4v) is 8.93. The Hall–Kier alpha value is -4.00. The maximum Gasteiger partial charge on any atom is 0.238 e. The van der Waals surface area contributed by atoms with E-state index in [2.05, 4.69) is 57.0 Å². The smallest absolute Gasteiger partial charge is 0.238 e. The minimum Gasteiger partial charge on any atom is -0.378 e. The van der Waals surface area contributed by atoms with Crippen molar-refractivity contribution in [2.45, 2.75) is 88.1 Å². The van der Waals surface area contributed by atoms with Gasteiger partial charge >= 0.3 is 0 Å². The van der Waals surface area contributed by atoms with Gasteiger partial charge in [-0.05, 0) is 89.7 Å². The summed E-state index contributed by atoms with van der Waals surface area (Å²) in [5.74, 6) is 0.225. The molecule has 1 atom stereocenters. The molecule has 1 saturated carbocycles. The number of benzene rings is 1. The second-order valence-electron chi connectivity index (χ2n) is 15.6. The Balaban J connectivity index is 1.09. The minimum atomic E-state index is -1.14. The van der Waals surface area contributed by atoms with E-state index in [1.165, 1.54) is 6.20 Å². The fraction of sp³-hybridized carbons (Fsp3) is 0.526. The van der Waals surface area contributed by atoms with Crippen LogP contribution in [0.4, 0.5) is 26.0 Å². The lowest BCUT2D eigenvalue weighted by molar-refractivity contribution is -0.128. The van der Waals surface area contributed by atoms with Crippen LogP contribution in [0.3, 0.4) is 0 Å². The van der Waals surface area contributed by atoms with Gasteiger partial charge in [0.25, 0.3) is 0 Å². The summed E-state index contributed by atoms with van der Waals surface area (Å²) in [7, 11) is 0. The number of aromatic nitrogens is 4. The Labute approximate surface area is 290 Å². The van der Waals surface area contributed by atoms with Crippen molar-refractivity contribution in [2.24, 2.45) is 0 Å². The van der Waals surface area contributed by atoms with Crippen molar-refractivity contribution >= 4 is 34.1 Å². The van der Waals surface area contributed by atoms with Gasteiger partial charge in [0.1, 0.15) is 11.2 Å². The number of carbonyl (C=O) groups is 1. The van der Waals surface area contributed by atoms with Crippen molar-refractivity contribution < 1.29 is 18.3 Å². The molecule has 7 heterocycles. The van der Waals surface area contributed by atoms with Crippen molar-refractivity contribution in [3.05, 3.63) is 60.4 Å². The average molecular weight is 683 g/mol. The lowest BCUT2D eigenvalue weighted by Gasteiger charge is -2.47. The molecule has 3 saturated heterocycles. The van der Waals surface area contributed by atoms with Gasteiger partial charge in [-0.15, -0.1) is 0 Å². The van der Waals surface area contributed by atoms with E-state index in [9.17, 15) is 13.6 Å². The number of rotatable bonds is 7. The first-order valence-corrected chi connectivity index (χ1v) is 18.1. The standard InChI is InChI=1S/C38H44F2N8O2/c1-23(2)47-22-42-32-17-31(44-35(34(32)47)43-30-6-10-41-18-29(30)39)24-4-5-28-33(14-24)48(26-15-25(16-26)46-11-7-37(3,40)21-46)36(49)38(28)8-12-45(13-9-38)27-19-50-20-27/h4-6,10,14,17-18,22-23,25-27H,7-9,11-13,15-16,19-21H2,1-3H3,(H,41,43,44)/t25?,26?,37-/m0/s1. The van der Waals surface area contributed by atoms with E-state index in [1.54, 1.807) is 25.5 Å². The van der Waals surface area contributed by atoms with Crippen molar-refractivity contribution in [3.63, 3.8) is 0 Å². The number of nitrogens with one attached hydrogen (secondary N) is 1. The molecule has 4 fully saturated rings. The number of amides is 1. The first-order chi connectivity index (χ1) is 24.1. The number of hydrogen-bond donors (Lipinski definition) is 1. The monoisotopic (exact) mass is 682 g/mol. The van der Waals surface area contributed by atoms with E-state index < -0.39 is 16.9 Å². The highest BCUT2D eigenvalue weighted by Crippen LogP contribution is 2.52. The Morgan fingerprint density at radius 3 is 2.46 bits per heavy atom. The van der Waals surface area contributed by atoms with Crippen LogP contribution in [0.25, 0.3) is 22.3 Å². The van der Waals surface area contributed by atoms with Gasteiger partial charge in [-0.25, -0.2) is 18.7 Å². The summed E-state index contributed by atoms with van der Waals surface area (Å²) in [5.41, 5.74) is 3.70. The van der Waals surface area contributed by atoms with Crippen molar-refractivity contribution in [2.75, 3.05) is 49.6 Å². The number of hydrogen-bond acceptors (Lipinski definition) is 8. The van der Waals surface area contributed by atoms with E-state index >= 15 is 0 Å². The summed E-state index contributed by atoms with van der Waals surface area (Å²) in [6.07, 6.45) is 8.32. The van der Waals surface area contributed by atoms with E-state index in [0.29, 0.717) is 30.5 Å². The summed E-state index contributed by atoms with van der Waals surface area (Å²) in [6.45, 7) is 10.3. The zero-order valence-corrected chi connectivity index (χ0v) is 28.9. The Morgan fingerprint density at radius 1 is 1.00 bits per heavy atom. The normalized spacial score (nSPS) is 26.9. The number of anilines is 3. The van der Waals surface area contributed by atoms with Gasteiger partial charge in [0, 0.05) is 48.7 Å². The second-order valence-corrected chi connectivity index (χ2v) is 15.6. The van der Waals surface area contributed by atoms with Crippen LogP contribution in [0.1, 0.15) is 64.5 Å². The van der Waals surface area contributed by atoms with Crippen LogP contribution in [0.2, 0.25) is 0 Å². The molecule has 0 unspecified atom stereocenters. The zero-order valence-electron chi connectivity index (χ0n) is 28.9. The molecule has 1 aromatic carbocycles. The molecular formula is C38H44F2N8O2. The molecule has 1 spiro atoms. The Kier molecular flexibility index (Phi) is 7.53. The lowest BCUT2D eigenvalue weighted by atomic mass is 9.73. The number of alkyl halides is 1. The quantitative estimate of drug-likeness (QED) is 0.254. The molecule has 50 heavy (non-hydrogen) atoms. The van der Waals surface area contributed by atoms with E-state index in [1.807, 2.05) is 10.6 Å². The minimum absolute atomic E-state index is 0.0643. The van der Waals surface area contributed by atoms with E-state index in [4.69, 9.17) is 14.7 Å². The third-order valence-electron chi connectivity index (χ3n) is 12.0. The molecular weight excluding hydrogens is 638 g/mol. The number of fused-ring (bicyclic) bond motifs is 3. The summed E-state index contributed by atoms with van der Waals surface area (Å²) < 4.78 is 37.1. The van der Waals surface area contributed by atoms with Gasteiger partial charge in [0.15, 0.2) is 11.6 Å². The Morgan fingerprint density at radius 2 is 1.78 bits per heavy atom. The molecule has 0 radical (unpaired) electrons. The van der Waals surface area contributed by atoms with Gasteiger partial charge in [-0.3, -0.25) is 19.6 Å². The van der Waals surface area contributed by atoms with Crippen LogP contribution in [0, 0.1) is 5.82 Å². The molecule has 1 amide bonds. The van der Waals surface area contributed by atoms with Crippen LogP contribution < -0.4 is 10.2 Å². The van der Waals surface area contributed by atoms with Crippen LogP contribution in [-0.2, 0) is 14.9 Å². The SMILES string of the molecule is CC(C)n1cnc2cc(-c3ccc4c(c3)N(C3CC(N5CC[C@](C)(F)C5)C3)C(=O)C43CCN(C4COC4)CC3)nc(Nc3ccncc3F)c21. The summed E-state index contributed by atoms with van der Waals surface area (Å²) in [4.78, 5) is 35.3. The molecule has 1 N–H and O–H groups in total. The number of ether oxygens (including phenoxy) is 1. The summed E-state index contributed by atoms with van der Waals surface area (Å²) >= 11 is 0. The van der Waals surface area contributed by atoms with Crippen LogP contribution >= 0.6 is 0 Å². The largest absolute Gasteiger partial charge is 0.378 e. The molecule has 12 heteroatoms. The number of likely N-dealkylation sites (tertiary alicyclic amines) is 2. The third-order valence-corrected chi connectivity index (χ3v) is 12.0. The predicted octanol–water partition coefficient (Wildman–Crippen LogP) is 6.00. The molecule has 10 nitrogen and oxygen atoms in total. The summed E-state index contributed by atoms with van der Waals surface area (Å²) in [5, 5.41) is 3.22. The molecule has 5 aliphatic rings. The second kappa shape index (κ2) is 11.8. The molecule has 9 rings (SSSR count). The highest BCUT2D eigenvalue weighted by Gasteiger charge is 2.56. The molecule has 4 aliphatic heterocycles. The maximum absolute atomic E-state index is 14.8. The lowest BCUT2D eigenvalue weighted by Crippen LogP contribution is -2.59. The van der Waals surface area contributed by atoms with Crippen LogP contribution in [-0.4, -0.2) is 98.4 Å². The molecule has 0 bridgehead atoms. The number of pyridine rings is 2. The summed E-state index contributed by atoms with van der Waals surface area (Å²) in [6, 6.07) is 10.8. The third kappa shape index (κ3) is 5.12. The average Bonchev–Trinajstić information content (AvgIpc) is 3.71. The highest BCUT2D eigenvalue weighted by atomic mass is 19.1. The van der Waals surface area contributed by atoms with E-state index in [-0.39, 0.29) is 29.7 Å². The van der Waals surface area contributed by atoms with Crippen LogP contribution in [0.5, 0.6) is 0 Å². The van der Waals surface area contributed by atoms with Gasteiger partial charge < -0.3 is 19.5 Å². The molecule has 4 aromatic rings. The van der Waals surface area contributed by atoms with Gasteiger partial charge in [0.05, 0.1) is 54.1 Å². The number of nitrogens with zero attached hydrogens (tertiary/aromatic N) is 7. The molecule has 262 valence electrons. The number of piperidine rings is 1.